The van der Waals surface area contributed by atoms with Crippen LogP contribution in [0.25, 0.3) is 0 Å². The molecule has 19 heteroatoms. The molecule has 0 fully saturated rings. The molecule has 3 N–H and O–H groups in total. The second kappa shape index (κ2) is 57.5. The van der Waals surface area contributed by atoms with Gasteiger partial charge in [0.15, 0.2) is 12.2 Å². The fraction of sp³-hybridized carbons (Fsp3) is 0.938. The van der Waals surface area contributed by atoms with E-state index < -0.39 is 97.5 Å². The lowest BCUT2D eigenvalue weighted by molar-refractivity contribution is -0.161. The monoisotopic (exact) mass is 1240 g/mol. The smallest absolute Gasteiger partial charge is 0.462 e. The van der Waals surface area contributed by atoms with Gasteiger partial charge in [-0.1, -0.05) is 273 Å². The maximum Gasteiger partial charge on any atom is 0.472 e. The lowest BCUT2D eigenvalue weighted by atomic mass is 10.0. The summed E-state index contributed by atoms with van der Waals surface area (Å²) >= 11 is 0. The number of aliphatic hydroxyl groups excluding tert-OH is 1. The Bertz CT molecular complexity index is 1650. The van der Waals surface area contributed by atoms with Crippen molar-refractivity contribution in [2.75, 3.05) is 39.6 Å². The predicted octanol–water partition coefficient (Wildman–Crippen LogP) is 18.0. The number of aliphatic hydroxyl groups is 1. The topological polar surface area (TPSA) is 237 Å². The van der Waals surface area contributed by atoms with Crippen molar-refractivity contribution < 1.29 is 80.2 Å². The predicted molar refractivity (Wildman–Crippen MR) is 335 cm³/mol. The van der Waals surface area contributed by atoms with E-state index in [0.29, 0.717) is 25.7 Å². The highest BCUT2D eigenvalue weighted by molar-refractivity contribution is 7.47. The molecule has 498 valence electrons. The van der Waals surface area contributed by atoms with Crippen molar-refractivity contribution >= 4 is 39.5 Å². The van der Waals surface area contributed by atoms with Crippen LogP contribution in [0, 0.1) is 11.8 Å². The summed E-state index contributed by atoms with van der Waals surface area (Å²) in [5.41, 5.74) is 0. The zero-order valence-electron chi connectivity index (χ0n) is 54.2. The maximum atomic E-state index is 13.0. The number of ether oxygens (including phenoxy) is 4. The lowest BCUT2D eigenvalue weighted by Gasteiger charge is -2.21. The average molecular weight is 1240 g/mol. The van der Waals surface area contributed by atoms with Crippen LogP contribution >= 0.6 is 15.6 Å². The third-order valence-corrected chi connectivity index (χ3v) is 16.9. The van der Waals surface area contributed by atoms with Crippen molar-refractivity contribution in [2.45, 2.75) is 342 Å². The van der Waals surface area contributed by atoms with E-state index in [9.17, 15) is 43.2 Å². The summed E-state index contributed by atoms with van der Waals surface area (Å²) in [6, 6.07) is 0. The average Bonchev–Trinajstić information content (AvgIpc) is 3.54. The van der Waals surface area contributed by atoms with Gasteiger partial charge in [0, 0.05) is 25.7 Å². The van der Waals surface area contributed by atoms with Gasteiger partial charge in [0.05, 0.1) is 26.4 Å². The molecule has 0 aromatic carbocycles. The van der Waals surface area contributed by atoms with E-state index >= 15 is 0 Å². The third-order valence-electron chi connectivity index (χ3n) is 15.0. The summed E-state index contributed by atoms with van der Waals surface area (Å²) in [4.78, 5) is 72.2. The molecule has 0 saturated carbocycles. The number of phosphoric acid groups is 2. The first-order valence-electron chi connectivity index (χ1n) is 34.0. The van der Waals surface area contributed by atoms with Crippen molar-refractivity contribution in [3.8, 4) is 0 Å². The molecule has 0 saturated heterocycles. The molecule has 0 radical (unpaired) electrons. The molecule has 0 heterocycles. The number of unbranched alkanes of at least 4 members (excludes halogenated alkanes) is 34. The van der Waals surface area contributed by atoms with Gasteiger partial charge in [0.2, 0.25) is 0 Å². The fourth-order valence-corrected chi connectivity index (χ4v) is 11.3. The van der Waals surface area contributed by atoms with Crippen LogP contribution in [0.3, 0.4) is 0 Å². The Balaban J connectivity index is 5.21. The molecule has 0 spiro atoms. The van der Waals surface area contributed by atoms with E-state index in [4.69, 9.17) is 37.0 Å². The van der Waals surface area contributed by atoms with Crippen LogP contribution in [-0.2, 0) is 65.4 Å². The van der Waals surface area contributed by atoms with E-state index in [1.165, 1.54) is 128 Å². The van der Waals surface area contributed by atoms with Gasteiger partial charge in [-0.3, -0.25) is 37.3 Å². The van der Waals surface area contributed by atoms with E-state index in [-0.39, 0.29) is 25.7 Å². The Labute approximate surface area is 511 Å². The normalized spacial score (nSPS) is 14.3. The van der Waals surface area contributed by atoms with Gasteiger partial charge in [-0.05, 0) is 37.5 Å². The second-order valence-electron chi connectivity index (χ2n) is 24.5. The number of carbonyl (C=O) groups is 4. The minimum absolute atomic E-state index is 0.106. The lowest BCUT2D eigenvalue weighted by Crippen LogP contribution is -2.30. The zero-order valence-corrected chi connectivity index (χ0v) is 56.0. The van der Waals surface area contributed by atoms with Crippen LogP contribution in [0.1, 0.15) is 324 Å². The number of phosphoric ester groups is 2. The molecule has 0 aromatic rings. The molecular formula is C65H126O17P2. The number of hydrogen-bond donors (Lipinski definition) is 3. The van der Waals surface area contributed by atoms with Crippen molar-refractivity contribution in [1.82, 2.24) is 0 Å². The van der Waals surface area contributed by atoms with Crippen molar-refractivity contribution in [3.63, 3.8) is 0 Å². The highest BCUT2D eigenvalue weighted by atomic mass is 31.2. The van der Waals surface area contributed by atoms with Crippen LogP contribution in [-0.4, -0.2) is 96.7 Å². The molecule has 0 aliphatic heterocycles. The molecule has 0 rings (SSSR count). The molecule has 0 aliphatic carbocycles. The summed E-state index contributed by atoms with van der Waals surface area (Å²) in [5.74, 6) is -0.633. The van der Waals surface area contributed by atoms with Crippen LogP contribution < -0.4 is 0 Å². The Morgan fingerprint density at radius 1 is 0.321 bits per heavy atom. The molecule has 0 aliphatic rings. The fourth-order valence-electron chi connectivity index (χ4n) is 9.71. The van der Waals surface area contributed by atoms with E-state index in [0.717, 1.165) is 115 Å². The molecule has 2 unspecified atom stereocenters. The number of rotatable bonds is 64. The van der Waals surface area contributed by atoms with Gasteiger partial charge in [0.1, 0.15) is 19.3 Å². The number of carbonyl (C=O) groups excluding carboxylic acids is 4. The SMILES string of the molecule is CCCCCCCCCCCCCC(=O)O[C@H](COC(=O)CCCCCCCCC)COP(=O)(O)OC[C@H](O)COP(=O)(O)OC[C@@H](COC(=O)CCCCCCCCCCC(C)C)OC(=O)CCCCCCCCCCCCCCC(C)C. The van der Waals surface area contributed by atoms with E-state index in [1.807, 2.05) is 0 Å². The summed E-state index contributed by atoms with van der Waals surface area (Å²) < 4.78 is 68.0. The zero-order chi connectivity index (χ0) is 62.2. The van der Waals surface area contributed by atoms with Gasteiger partial charge in [-0.25, -0.2) is 9.13 Å². The van der Waals surface area contributed by atoms with Crippen LogP contribution in [0.15, 0.2) is 0 Å². The Hall–Kier alpha value is -1.94. The molecular weight excluding hydrogens is 1110 g/mol. The van der Waals surface area contributed by atoms with Crippen molar-refractivity contribution in [1.29, 1.82) is 0 Å². The van der Waals surface area contributed by atoms with Crippen molar-refractivity contribution in [2.24, 2.45) is 11.8 Å². The van der Waals surface area contributed by atoms with Crippen LogP contribution in [0.2, 0.25) is 0 Å². The van der Waals surface area contributed by atoms with Gasteiger partial charge in [-0.2, -0.15) is 0 Å². The molecule has 17 nitrogen and oxygen atoms in total. The third kappa shape index (κ3) is 59.0. The first-order valence-corrected chi connectivity index (χ1v) is 37.0. The van der Waals surface area contributed by atoms with Crippen molar-refractivity contribution in [3.05, 3.63) is 0 Å². The Morgan fingerprint density at radius 2 is 0.548 bits per heavy atom. The number of esters is 4. The summed E-state index contributed by atoms with van der Waals surface area (Å²) in [6.45, 7) is 9.44. The van der Waals surface area contributed by atoms with E-state index in [1.54, 1.807) is 0 Å². The minimum Gasteiger partial charge on any atom is -0.462 e. The molecule has 0 bridgehead atoms. The molecule has 0 aromatic heterocycles. The highest BCUT2D eigenvalue weighted by Crippen LogP contribution is 2.45. The Morgan fingerprint density at radius 3 is 0.810 bits per heavy atom. The summed E-state index contributed by atoms with van der Waals surface area (Å²) in [6.07, 6.45) is 40.4. The van der Waals surface area contributed by atoms with Crippen LogP contribution in [0.4, 0.5) is 0 Å². The van der Waals surface area contributed by atoms with Gasteiger partial charge >= 0.3 is 39.5 Å². The highest BCUT2D eigenvalue weighted by Gasteiger charge is 2.30. The van der Waals surface area contributed by atoms with E-state index in [2.05, 4.69) is 41.5 Å². The molecule has 0 amide bonds. The first-order chi connectivity index (χ1) is 40.4. The quantitative estimate of drug-likeness (QED) is 0.0222. The summed E-state index contributed by atoms with van der Waals surface area (Å²) in [5, 5.41) is 10.5. The van der Waals surface area contributed by atoms with Gasteiger partial charge in [0.25, 0.3) is 0 Å². The minimum atomic E-state index is -4.95. The summed E-state index contributed by atoms with van der Waals surface area (Å²) in [7, 11) is -9.88. The van der Waals surface area contributed by atoms with Gasteiger partial charge < -0.3 is 33.8 Å². The Kier molecular flexibility index (Phi) is 56.2. The molecule has 5 atom stereocenters. The largest absolute Gasteiger partial charge is 0.472 e. The maximum absolute atomic E-state index is 13.0. The standard InChI is InChI=1S/C65H126O17P2/c1-7-9-11-13-15-16-19-23-31-37-43-49-64(69)81-60(53-75-62(67)47-41-35-27-14-12-10-8-2)55-79-83(71,72)77-51-59(66)52-78-84(73,74)80-56-61(54-76-63(68)48-42-36-30-26-25-29-34-40-46-58(5)6)82-65(70)50-44-38-32-24-21-18-17-20-22-28-33-39-45-57(3)4/h57-61,66H,7-56H2,1-6H3,(H,71,72)(H,73,74)/t59-,60+,61+/m0/s1. The first kappa shape index (κ1) is 82.1. The second-order valence-corrected chi connectivity index (χ2v) is 27.4. The molecule has 84 heavy (non-hydrogen) atoms. The number of hydrogen-bond acceptors (Lipinski definition) is 15. The van der Waals surface area contributed by atoms with Crippen LogP contribution in [0.5, 0.6) is 0 Å². The van der Waals surface area contributed by atoms with Gasteiger partial charge in [-0.15, -0.1) is 0 Å².